The molecule has 1 unspecified atom stereocenters. The molecule has 0 saturated heterocycles. The average molecular weight is 383 g/mol. The molecule has 0 aliphatic heterocycles. The summed E-state index contributed by atoms with van der Waals surface area (Å²) in [5, 5.41) is 5.64. The number of benzene rings is 1. The van der Waals surface area contributed by atoms with Gasteiger partial charge in [0.25, 0.3) is 0 Å². The van der Waals surface area contributed by atoms with Crippen LogP contribution in [0.1, 0.15) is 45.6 Å². The van der Waals surface area contributed by atoms with Crippen LogP contribution in [0, 0.1) is 5.92 Å². The van der Waals surface area contributed by atoms with E-state index in [2.05, 4.69) is 36.9 Å². The molecule has 0 heterocycles. The molecule has 1 aliphatic carbocycles. The molecule has 1 atom stereocenters. The second kappa shape index (κ2) is 10.2. The Morgan fingerprint density at radius 1 is 1.24 bits per heavy atom. The number of hydrogen-bond donors (Lipinski definition) is 0. The van der Waals surface area contributed by atoms with Gasteiger partial charge in [-0.3, -0.25) is 0 Å². The van der Waals surface area contributed by atoms with Gasteiger partial charge in [0.2, 0.25) is 0 Å². The normalized spacial score (nSPS) is 21.3. The van der Waals surface area contributed by atoms with Crippen LogP contribution in [0.4, 0.5) is 0 Å². The summed E-state index contributed by atoms with van der Waals surface area (Å²) in [6.45, 7) is 10.1. The highest BCUT2D eigenvalue weighted by Gasteiger charge is 2.21. The number of allylic oxidation sites excluding steroid dienone is 1. The van der Waals surface area contributed by atoms with E-state index in [-0.39, 0.29) is 0 Å². The molecule has 1 aromatic carbocycles. The standard InChI is InChI=1S/C20H28Cl2N2O/c1-4-24(5-2)11-12-25-23-20-15(3)7-6-8-17(20)13-16-9-10-18(21)19(22)14-16/h9-10,13-15H,4-8,11-12H2,1-3H3/b17-13+,23-20?. The van der Waals surface area contributed by atoms with Crippen molar-refractivity contribution in [1.82, 2.24) is 4.90 Å². The molecule has 0 bridgehead atoms. The lowest BCUT2D eigenvalue weighted by atomic mass is 9.84. The smallest absolute Gasteiger partial charge is 0.129 e. The van der Waals surface area contributed by atoms with Gasteiger partial charge < -0.3 is 9.74 Å². The Bertz CT molecular complexity index is 624. The maximum Gasteiger partial charge on any atom is 0.129 e. The predicted molar refractivity (Wildman–Crippen MR) is 109 cm³/mol. The van der Waals surface area contributed by atoms with Crippen molar-refractivity contribution in [1.29, 1.82) is 0 Å². The average Bonchev–Trinajstić information content (AvgIpc) is 2.60. The molecule has 138 valence electrons. The number of likely N-dealkylation sites (N-methyl/N-ethyl adjacent to an activating group) is 1. The van der Waals surface area contributed by atoms with E-state index >= 15 is 0 Å². The van der Waals surface area contributed by atoms with Gasteiger partial charge in [0, 0.05) is 12.5 Å². The molecule has 0 aromatic heterocycles. The van der Waals surface area contributed by atoms with Crippen LogP contribution in [-0.2, 0) is 4.84 Å². The topological polar surface area (TPSA) is 24.8 Å². The molecule has 0 N–H and O–H groups in total. The van der Waals surface area contributed by atoms with Gasteiger partial charge in [-0.15, -0.1) is 0 Å². The SMILES string of the molecule is CCN(CC)CCON=C1/C(=C/c2ccc(Cl)c(Cl)c2)CCCC1C. The first kappa shape index (κ1) is 20.3. The molecular weight excluding hydrogens is 355 g/mol. The Morgan fingerprint density at radius 2 is 2.00 bits per heavy atom. The molecule has 2 rings (SSSR count). The molecule has 3 nitrogen and oxygen atoms in total. The highest BCUT2D eigenvalue weighted by Crippen LogP contribution is 2.29. The van der Waals surface area contributed by atoms with Gasteiger partial charge >= 0.3 is 0 Å². The molecule has 25 heavy (non-hydrogen) atoms. The summed E-state index contributed by atoms with van der Waals surface area (Å²) in [6, 6.07) is 5.72. The molecule has 1 fully saturated rings. The lowest BCUT2D eigenvalue weighted by Gasteiger charge is -2.23. The Morgan fingerprint density at radius 3 is 2.68 bits per heavy atom. The summed E-state index contributed by atoms with van der Waals surface area (Å²) in [4.78, 5) is 7.98. The maximum atomic E-state index is 6.14. The Balaban J connectivity index is 2.10. The Kier molecular flexibility index (Phi) is 8.28. The van der Waals surface area contributed by atoms with Crippen molar-refractivity contribution >= 4 is 35.0 Å². The molecule has 0 spiro atoms. The second-order valence-electron chi connectivity index (χ2n) is 6.47. The Labute approximate surface area is 161 Å². The summed E-state index contributed by atoms with van der Waals surface area (Å²) >= 11 is 12.1. The molecule has 0 amide bonds. The highest BCUT2D eigenvalue weighted by molar-refractivity contribution is 6.42. The molecule has 1 aliphatic rings. The summed E-state index contributed by atoms with van der Waals surface area (Å²) < 4.78 is 0. The number of oxime groups is 1. The van der Waals surface area contributed by atoms with Crippen molar-refractivity contribution in [3.63, 3.8) is 0 Å². The minimum Gasteiger partial charge on any atom is -0.394 e. The van der Waals surface area contributed by atoms with E-state index in [1.807, 2.05) is 18.2 Å². The van der Waals surface area contributed by atoms with E-state index < -0.39 is 0 Å². The van der Waals surface area contributed by atoms with Crippen LogP contribution in [0.25, 0.3) is 6.08 Å². The quantitative estimate of drug-likeness (QED) is 0.432. The Hall–Kier alpha value is -1.03. The van der Waals surface area contributed by atoms with Crippen molar-refractivity contribution < 1.29 is 4.84 Å². The third kappa shape index (κ3) is 6.02. The zero-order chi connectivity index (χ0) is 18.2. The number of hydrogen-bond acceptors (Lipinski definition) is 3. The molecule has 0 radical (unpaired) electrons. The van der Waals surface area contributed by atoms with Crippen LogP contribution in [-0.4, -0.2) is 36.9 Å². The van der Waals surface area contributed by atoms with Crippen molar-refractivity contribution in [2.24, 2.45) is 11.1 Å². The third-order valence-electron chi connectivity index (χ3n) is 4.72. The van der Waals surface area contributed by atoms with E-state index in [4.69, 9.17) is 28.0 Å². The monoisotopic (exact) mass is 382 g/mol. The van der Waals surface area contributed by atoms with Gasteiger partial charge in [0.05, 0.1) is 15.8 Å². The summed E-state index contributed by atoms with van der Waals surface area (Å²) in [5.41, 5.74) is 3.35. The summed E-state index contributed by atoms with van der Waals surface area (Å²) in [5.74, 6) is 0.413. The first-order valence-corrected chi connectivity index (χ1v) is 9.88. The minimum atomic E-state index is 0.413. The first-order chi connectivity index (χ1) is 12.0. The van der Waals surface area contributed by atoms with Gasteiger partial charge in [-0.05, 0) is 61.7 Å². The number of halogens is 2. The van der Waals surface area contributed by atoms with E-state index in [0.717, 1.165) is 43.8 Å². The van der Waals surface area contributed by atoms with Crippen LogP contribution in [0.5, 0.6) is 0 Å². The highest BCUT2D eigenvalue weighted by atomic mass is 35.5. The van der Waals surface area contributed by atoms with Crippen LogP contribution in [0.15, 0.2) is 28.9 Å². The van der Waals surface area contributed by atoms with E-state index in [9.17, 15) is 0 Å². The van der Waals surface area contributed by atoms with Crippen molar-refractivity contribution in [2.75, 3.05) is 26.2 Å². The van der Waals surface area contributed by atoms with E-state index in [1.165, 1.54) is 12.0 Å². The fourth-order valence-corrected chi connectivity index (χ4v) is 3.41. The van der Waals surface area contributed by atoms with Crippen molar-refractivity contribution in [3.05, 3.63) is 39.4 Å². The van der Waals surface area contributed by atoms with Crippen molar-refractivity contribution in [2.45, 2.75) is 40.0 Å². The molecule has 1 aromatic rings. The summed E-state index contributed by atoms with van der Waals surface area (Å²) in [7, 11) is 0. The number of rotatable bonds is 7. The van der Waals surface area contributed by atoms with Gasteiger partial charge in [-0.1, -0.05) is 55.2 Å². The van der Waals surface area contributed by atoms with Gasteiger partial charge in [0.15, 0.2) is 0 Å². The fourth-order valence-electron chi connectivity index (χ4n) is 3.10. The van der Waals surface area contributed by atoms with Gasteiger partial charge in [0.1, 0.15) is 6.61 Å². The lowest BCUT2D eigenvalue weighted by Crippen LogP contribution is -2.27. The van der Waals surface area contributed by atoms with Gasteiger partial charge in [-0.2, -0.15) is 0 Å². The van der Waals surface area contributed by atoms with E-state index in [0.29, 0.717) is 22.6 Å². The minimum absolute atomic E-state index is 0.413. The first-order valence-electron chi connectivity index (χ1n) is 9.13. The van der Waals surface area contributed by atoms with Crippen molar-refractivity contribution in [3.8, 4) is 0 Å². The third-order valence-corrected chi connectivity index (χ3v) is 5.46. The number of nitrogens with zero attached hydrogens (tertiary/aromatic N) is 2. The molecular formula is C20H28Cl2N2O. The molecule has 5 heteroatoms. The van der Waals surface area contributed by atoms with Gasteiger partial charge in [-0.25, -0.2) is 0 Å². The van der Waals surface area contributed by atoms with Crippen LogP contribution < -0.4 is 0 Å². The summed E-state index contributed by atoms with van der Waals surface area (Å²) in [6.07, 6.45) is 5.50. The predicted octanol–water partition coefficient (Wildman–Crippen LogP) is 5.91. The maximum absolute atomic E-state index is 6.14. The van der Waals surface area contributed by atoms with Crippen LogP contribution in [0.2, 0.25) is 10.0 Å². The van der Waals surface area contributed by atoms with E-state index in [1.54, 1.807) is 0 Å². The molecule has 1 saturated carbocycles. The fraction of sp³-hybridized carbons (Fsp3) is 0.550. The second-order valence-corrected chi connectivity index (χ2v) is 7.29. The lowest BCUT2D eigenvalue weighted by molar-refractivity contribution is 0.113. The largest absolute Gasteiger partial charge is 0.394 e. The zero-order valence-electron chi connectivity index (χ0n) is 15.4. The van der Waals surface area contributed by atoms with Crippen LogP contribution in [0.3, 0.4) is 0 Å². The van der Waals surface area contributed by atoms with Crippen LogP contribution >= 0.6 is 23.2 Å². The zero-order valence-corrected chi connectivity index (χ0v) is 16.9.